The van der Waals surface area contributed by atoms with Crippen LogP contribution in [0.3, 0.4) is 0 Å². The molecule has 0 radical (unpaired) electrons. The second-order valence-corrected chi connectivity index (χ2v) is 27.3. The summed E-state index contributed by atoms with van der Waals surface area (Å²) in [6.07, 6.45) is 0. The summed E-state index contributed by atoms with van der Waals surface area (Å²) in [6, 6.07) is 119. The third kappa shape index (κ3) is 6.86. The molecule has 0 aliphatic carbocycles. The molecule has 0 heterocycles. The number of hydrogen-bond donors (Lipinski definition) is 0. The predicted molar refractivity (Wildman–Crippen MR) is 417 cm³/mol. The summed E-state index contributed by atoms with van der Waals surface area (Å²) in [5, 5.41) is 47.6. The minimum absolute atomic E-state index is 1.27. The van der Waals surface area contributed by atoms with Crippen LogP contribution in [-0.4, -0.2) is 0 Å². The van der Waals surface area contributed by atoms with E-state index in [2.05, 4.69) is 315 Å². The van der Waals surface area contributed by atoms with Crippen LogP contribution >= 0.6 is 0 Å². The van der Waals surface area contributed by atoms with Gasteiger partial charge in [-0.3, -0.25) is 0 Å². The Bertz CT molecular complexity index is 6830. The molecular formula is C96H52. The Morgan fingerprint density at radius 3 is 0.594 bits per heavy atom. The Kier molecular flexibility index (Phi) is 9.92. The fraction of sp³-hybridized carbons (Fsp3) is 0. The molecule has 0 saturated carbocycles. The van der Waals surface area contributed by atoms with Crippen molar-refractivity contribution in [2.24, 2.45) is 0 Å². The van der Waals surface area contributed by atoms with Crippen molar-refractivity contribution in [1.29, 1.82) is 0 Å². The van der Waals surface area contributed by atoms with Crippen molar-refractivity contribution in [2.75, 3.05) is 0 Å². The molecule has 24 rings (SSSR count). The normalized spacial score (nSPS) is 12.6. The molecule has 0 atom stereocenters. The summed E-state index contributed by atoms with van der Waals surface area (Å²) in [5.74, 6) is 0. The number of benzene rings is 24. The third-order valence-corrected chi connectivity index (χ3v) is 22.4. The summed E-state index contributed by atoms with van der Waals surface area (Å²) >= 11 is 0. The van der Waals surface area contributed by atoms with Crippen LogP contribution in [0.5, 0.6) is 0 Å². The van der Waals surface area contributed by atoms with E-state index in [1.165, 1.54) is 238 Å². The van der Waals surface area contributed by atoms with E-state index in [4.69, 9.17) is 0 Å². The molecular weight excluding hydrogens is 1150 g/mol. The van der Waals surface area contributed by atoms with Crippen LogP contribution in [-0.2, 0) is 0 Å². The van der Waals surface area contributed by atoms with Gasteiger partial charge in [0, 0.05) is 0 Å². The van der Waals surface area contributed by atoms with Crippen LogP contribution in [0.15, 0.2) is 315 Å². The lowest BCUT2D eigenvalue weighted by Crippen LogP contribution is -1.93. The first-order chi connectivity index (χ1) is 47.6. The zero-order valence-electron chi connectivity index (χ0n) is 52.0. The topological polar surface area (TPSA) is 0 Å². The van der Waals surface area contributed by atoms with Crippen LogP contribution in [0.2, 0.25) is 0 Å². The van der Waals surface area contributed by atoms with E-state index >= 15 is 0 Å². The summed E-state index contributed by atoms with van der Waals surface area (Å²) in [6.45, 7) is 0. The lowest BCUT2D eigenvalue weighted by atomic mass is 9.83. The molecule has 96 heavy (non-hydrogen) atoms. The molecule has 0 aliphatic rings. The molecule has 0 N–H and O–H groups in total. The summed E-state index contributed by atoms with van der Waals surface area (Å²) in [7, 11) is 0. The average molecular weight is 1210 g/mol. The highest BCUT2D eigenvalue weighted by molar-refractivity contribution is 6.35. The minimum atomic E-state index is 1.27. The minimum Gasteiger partial charge on any atom is -0.0610 e. The van der Waals surface area contributed by atoms with Gasteiger partial charge in [0.2, 0.25) is 0 Å². The molecule has 436 valence electrons. The van der Waals surface area contributed by atoms with Gasteiger partial charge in [0.15, 0.2) is 0 Å². The zero-order valence-corrected chi connectivity index (χ0v) is 52.0. The average Bonchev–Trinajstić information content (AvgIpc) is 1.44. The molecule has 0 aliphatic heterocycles. The van der Waals surface area contributed by atoms with Crippen molar-refractivity contribution in [3.63, 3.8) is 0 Å². The van der Waals surface area contributed by atoms with E-state index in [1.807, 2.05) is 0 Å². The van der Waals surface area contributed by atoms with E-state index in [0.717, 1.165) is 0 Å². The van der Waals surface area contributed by atoms with Gasteiger partial charge in [0.25, 0.3) is 0 Å². The number of rotatable bonds is 4. The fourth-order valence-corrected chi connectivity index (χ4v) is 18.4. The smallest absolute Gasteiger partial charge is 0.00201 e. The summed E-state index contributed by atoms with van der Waals surface area (Å²) in [4.78, 5) is 0. The zero-order chi connectivity index (χ0) is 62.2. The maximum atomic E-state index is 2.45. The van der Waals surface area contributed by atoms with Crippen LogP contribution < -0.4 is 0 Å². The van der Waals surface area contributed by atoms with Crippen molar-refractivity contribution < 1.29 is 0 Å². The van der Waals surface area contributed by atoms with E-state index in [1.54, 1.807) is 0 Å². The molecule has 0 unspecified atom stereocenters. The van der Waals surface area contributed by atoms with Gasteiger partial charge < -0.3 is 0 Å². The van der Waals surface area contributed by atoms with Gasteiger partial charge in [0.05, 0.1) is 0 Å². The Hall–Kier alpha value is -12.5. The van der Waals surface area contributed by atoms with Crippen molar-refractivity contribution in [2.45, 2.75) is 0 Å². The molecule has 0 bridgehead atoms. The maximum Gasteiger partial charge on any atom is -0.00201 e. The second-order valence-electron chi connectivity index (χ2n) is 27.3. The van der Waals surface area contributed by atoms with Crippen molar-refractivity contribution in [3.05, 3.63) is 315 Å². The molecule has 0 saturated heterocycles. The van der Waals surface area contributed by atoms with Gasteiger partial charge in [-0.25, -0.2) is 0 Å². The van der Waals surface area contributed by atoms with Gasteiger partial charge in [-0.15, -0.1) is 0 Å². The first kappa shape index (κ1) is 51.1. The standard InChI is InChI=1S/2C48H26/c1-5-27-13-15-31-17-21-35(39-23-19-29(7-1)43(27)45(31)39)41-25-33-9-4-12-38-42(26-34-10-3-11-37(41)47(34)48(33)38)36-22-18-32-16-14-28-6-2-8-30-20-24-40(36)46(32)44(28)30;1-5-27-13-17-33-21-37(22-34-18-14-28(6-1)43(27)45(33)34)41-25-31-9-4-12-40-42(26-32-10-3-11-39(41)47(32)48(31)40)38-23-35-19-15-29-7-2-8-30-16-20-36(24-38)46(35)44(29)30/h2*1-26H. The Morgan fingerprint density at radius 2 is 0.281 bits per heavy atom. The van der Waals surface area contributed by atoms with E-state index < -0.39 is 0 Å². The summed E-state index contributed by atoms with van der Waals surface area (Å²) in [5.41, 5.74) is 10.3. The van der Waals surface area contributed by atoms with Crippen LogP contribution in [0, 0.1) is 0 Å². The first-order valence-electron chi connectivity index (χ1n) is 33.7. The highest BCUT2D eigenvalue weighted by atomic mass is 14.3. The van der Waals surface area contributed by atoms with E-state index in [-0.39, 0.29) is 0 Å². The SMILES string of the molecule is c1cc2ccc3cc(-c4cc5cccc6c(-c7cc8ccc9cccc%10ccc(c7)c8c9%10)cc7cccc4c7c56)cc4ccc(c1)c2c34.c1cc2ccc3ccc(-c4cc5cccc6c(-c7ccc8ccc9cccc%10ccc7c8c9%10)cc7cccc4c7c56)c4ccc(c1)c2c34. The molecule has 0 fully saturated rings. The van der Waals surface area contributed by atoms with Gasteiger partial charge in [-0.05, 0) is 287 Å². The molecule has 24 aromatic rings. The van der Waals surface area contributed by atoms with E-state index in [0.29, 0.717) is 0 Å². The quantitative estimate of drug-likeness (QED) is 0.154. The third-order valence-electron chi connectivity index (χ3n) is 22.4. The Morgan fingerprint density at radius 1 is 0.104 bits per heavy atom. The van der Waals surface area contributed by atoms with Crippen LogP contribution in [0.25, 0.3) is 238 Å². The van der Waals surface area contributed by atoms with Crippen LogP contribution in [0.1, 0.15) is 0 Å². The molecule has 0 heteroatoms. The largest absolute Gasteiger partial charge is 0.0610 e. The lowest BCUT2D eigenvalue weighted by molar-refractivity contribution is 1.70. The van der Waals surface area contributed by atoms with Crippen molar-refractivity contribution in [3.8, 4) is 44.5 Å². The lowest BCUT2D eigenvalue weighted by Gasteiger charge is -2.20. The van der Waals surface area contributed by atoms with Crippen LogP contribution in [0.4, 0.5) is 0 Å². The van der Waals surface area contributed by atoms with Crippen molar-refractivity contribution in [1.82, 2.24) is 0 Å². The fourth-order valence-electron chi connectivity index (χ4n) is 18.4. The van der Waals surface area contributed by atoms with E-state index in [9.17, 15) is 0 Å². The van der Waals surface area contributed by atoms with Gasteiger partial charge in [-0.2, -0.15) is 0 Å². The number of hydrogen-bond acceptors (Lipinski definition) is 0. The molecule has 0 aromatic heterocycles. The molecule has 0 amide bonds. The van der Waals surface area contributed by atoms with Gasteiger partial charge in [-0.1, -0.05) is 267 Å². The Balaban J connectivity index is 0.000000121. The highest BCUT2D eigenvalue weighted by Gasteiger charge is 2.23. The Labute approximate surface area is 550 Å². The summed E-state index contributed by atoms with van der Waals surface area (Å²) < 4.78 is 0. The van der Waals surface area contributed by atoms with Gasteiger partial charge >= 0.3 is 0 Å². The first-order valence-corrected chi connectivity index (χ1v) is 33.7. The predicted octanol–water partition coefficient (Wildman–Crippen LogP) is 27.4. The molecule has 24 aromatic carbocycles. The second kappa shape index (κ2) is 18.6. The maximum absolute atomic E-state index is 2.45. The molecule has 0 spiro atoms. The van der Waals surface area contributed by atoms with Gasteiger partial charge in [0.1, 0.15) is 0 Å². The van der Waals surface area contributed by atoms with Crippen molar-refractivity contribution >= 4 is 194 Å². The highest BCUT2D eigenvalue weighted by Crippen LogP contribution is 2.51. The monoisotopic (exact) mass is 1200 g/mol. The molecule has 0 nitrogen and oxygen atoms in total.